The first kappa shape index (κ1) is 13.3. The number of rotatable bonds is 7. The molecule has 0 aromatic heterocycles. The number of hydrogen-bond acceptors (Lipinski definition) is 3. The second-order valence-corrected chi connectivity index (χ2v) is 3.69. The Morgan fingerprint density at radius 1 is 1.53 bits per heavy atom. The van der Waals surface area contributed by atoms with Crippen molar-refractivity contribution in [2.45, 2.75) is 6.42 Å². The Bertz CT molecular complexity index is 401. The van der Waals surface area contributed by atoms with Gasteiger partial charge >= 0.3 is 5.97 Å². The molecule has 1 rings (SSSR count). The monoisotopic (exact) mass is 235 g/mol. The van der Waals surface area contributed by atoms with Crippen LogP contribution in [0.15, 0.2) is 36.4 Å². The molecule has 0 radical (unpaired) electrons. The molecule has 0 aliphatic heterocycles. The minimum absolute atomic E-state index is 0.177. The Morgan fingerprint density at radius 2 is 2.29 bits per heavy atom. The first-order valence-electron chi connectivity index (χ1n) is 5.38. The Labute approximate surface area is 101 Å². The summed E-state index contributed by atoms with van der Waals surface area (Å²) < 4.78 is 5.12. The van der Waals surface area contributed by atoms with Gasteiger partial charge in [-0.25, -0.2) is 4.79 Å². The van der Waals surface area contributed by atoms with E-state index in [9.17, 15) is 4.79 Å². The fraction of sp³-hybridized carbons (Fsp3) is 0.308. The highest BCUT2D eigenvalue weighted by Gasteiger charge is 2.02. The third-order valence-electron chi connectivity index (χ3n) is 2.37. The highest BCUT2D eigenvalue weighted by atomic mass is 16.5. The first-order valence-corrected chi connectivity index (χ1v) is 5.38. The molecule has 0 heterocycles. The van der Waals surface area contributed by atoms with E-state index in [1.165, 1.54) is 0 Å². The van der Waals surface area contributed by atoms with Crippen molar-refractivity contribution in [3.05, 3.63) is 42.0 Å². The molecule has 17 heavy (non-hydrogen) atoms. The molecule has 1 aromatic carbocycles. The second kappa shape index (κ2) is 6.70. The van der Waals surface area contributed by atoms with Crippen LogP contribution in [0.5, 0.6) is 5.75 Å². The molecular formula is C13H17NO3. The van der Waals surface area contributed by atoms with Crippen LogP contribution in [0.2, 0.25) is 0 Å². The lowest BCUT2D eigenvalue weighted by atomic mass is 10.1. The van der Waals surface area contributed by atoms with Gasteiger partial charge in [-0.1, -0.05) is 18.7 Å². The minimum atomic E-state index is -0.959. The fourth-order valence-corrected chi connectivity index (χ4v) is 1.38. The van der Waals surface area contributed by atoms with E-state index in [0.717, 1.165) is 17.7 Å². The Balaban J connectivity index is 2.31. The number of aliphatic carboxylic acids is 1. The van der Waals surface area contributed by atoms with E-state index < -0.39 is 5.97 Å². The summed E-state index contributed by atoms with van der Waals surface area (Å²) >= 11 is 0. The predicted molar refractivity (Wildman–Crippen MR) is 66.3 cm³/mol. The van der Waals surface area contributed by atoms with Crippen molar-refractivity contribution in [2.24, 2.45) is 0 Å². The molecule has 0 fully saturated rings. The van der Waals surface area contributed by atoms with Gasteiger partial charge < -0.3 is 15.2 Å². The number of nitrogens with one attached hydrogen (secondary N) is 1. The molecule has 4 nitrogen and oxygen atoms in total. The zero-order valence-electron chi connectivity index (χ0n) is 9.90. The maximum Gasteiger partial charge on any atom is 0.332 e. The van der Waals surface area contributed by atoms with Crippen LogP contribution in [0, 0.1) is 0 Å². The highest BCUT2D eigenvalue weighted by Crippen LogP contribution is 2.12. The normalized spacial score (nSPS) is 9.94. The Kier molecular flexibility index (Phi) is 5.23. The molecule has 4 heteroatoms. The number of hydrogen-bond donors (Lipinski definition) is 2. The molecule has 0 spiro atoms. The van der Waals surface area contributed by atoms with Gasteiger partial charge in [0, 0.05) is 12.1 Å². The van der Waals surface area contributed by atoms with E-state index in [1.54, 1.807) is 7.11 Å². The largest absolute Gasteiger partial charge is 0.497 e. The van der Waals surface area contributed by atoms with E-state index in [0.29, 0.717) is 13.1 Å². The summed E-state index contributed by atoms with van der Waals surface area (Å²) in [4.78, 5) is 10.5. The topological polar surface area (TPSA) is 58.6 Å². The molecule has 0 unspecified atom stereocenters. The van der Waals surface area contributed by atoms with Crippen molar-refractivity contribution in [3.8, 4) is 5.75 Å². The van der Waals surface area contributed by atoms with E-state index in [-0.39, 0.29) is 5.57 Å². The molecule has 1 aromatic rings. The van der Waals surface area contributed by atoms with E-state index in [2.05, 4.69) is 11.9 Å². The molecule has 0 aliphatic carbocycles. The van der Waals surface area contributed by atoms with Crippen LogP contribution >= 0.6 is 0 Å². The summed E-state index contributed by atoms with van der Waals surface area (Å²) in [7, 11) is 1.63. The molecule has 2 N–H and O–H groups in total. The number of carboxylic acids is 1. The summed E-state index contributed by atoms with van der Waals surface area (Å²) in [5.74, 6) is -0.128. The molecule has 0 bridgehead atoms. The van der Waals surface area contributed by atoms with Crippen LogP contribution in [0.3, 0.4) is 0 Å². The lowest BCUT2D eigenvalue weighted by Gasteiger charge is -2.06. The van der Waals surface area contributed by atoms with E-state index in [1.807, 2.05) is 24.3 Å². The van der Waals surface area contributed by atoms with E-state index >= 15 is 0 Å². The number of carboxylic acid groups (broad SMARTS) is 1. The molecule has 0 atom stereocenters. The lowest BCUT2D eigenvalue weighted by molar-refractivity contribution is -0.132. The van der Waals surface area contributed by atoms with Gasteiger partial charge in [0.2, 0.25) is 0 Å². The van der Waals surface area contributed by atoms with Gasteiger partial charge in [-0.15, -0.1) is 0 Å². The maximum absolute atomic E-state index is 10.5. The van der Waals surface area contributed by atoms with Gasteiger partial charge in [0.25, 0.3) is 0 Å². The van der Waals surface area contributed by atoms with Crippen molar-refractivity contribution in [3.63, 3.8) is 0 Å². The minimum Gasteiger partial charge on any atom is -0.497 e. The smallest absolute Gasteiger partial charge is 0.332 e. The Hall–Kier alpha value is -1.81. The zero-order chi connectivity index (χ0) is 12.7. The van der Waals surface area contributed by atoms with Crippen molar-refractivity contribution < 1.29 is 14.6 Å². The van der Waals surface area contributed by atoms with E-state index in [4.69, 9.17) is 9.84 Å². The first-order chi connectivity index (χ1) is 8.13. The third-order valence-corrected chi connectivity index (χ3v) is 2.37. The third kappa shape index (κ3) is 4.70. The quantitative estimate of drug-likeness (QED) is 0.555. The van der Waals surface area contributed by atoms with Crippen molar-refractivity contribution in [2.75, 3.05) is 20.2 Å². The van der Waals surface area contributed by atoms with Gasteiger partial charge in [-0.3, -0.25) is 0 Å². The highest BCUT2D eigenvalue weighted by molar-refractivity contribution is 5.86. The van der Waals surface area contributed by atoms with Gasteiger partial charge in [-0.05, 0) is 30.7 Å². The maximum atomic E-state index is 10.5. The average molecular weight is 235 g/mol. The standard InChI is InChI=1S/C13H17NO3/c1-10(13(15)16)9-14-7-6-11-4-3-5-12(8-11)17-2/h3-5,8,14H,1,6-7,9H2,2H3,(H,15,16). The molecule has 92 valence electrons. The Morgan fingerprint density at radius 3 is 2.94 bits per heavy atom. The summed E-state index contributed by atoms with van der Waals surface area (Å²) in [6.45, 7) is 4.46. The average Bonchev–Trinajstić information content (AvgIpc) is 2.34. The summed E-state index contributed by atoms with van der Waals surface area (Å²) in [5, 5.41) is 11.6. The molecule has 0 saturated carbocycles. The zero-order valence-corrected chi connectivity index (χ0v) is 9.90. The number of ether oxygens (including phenoxy) is 1. The van der Waals surface area contributed by atoms with Gasteiger partial charge in [0.05, 0.1) is 7.11 Å². The second-order valence-electron chi connectivity index (χ2n) is 3.69. The predicted octanol–water partition coefficient (Wildman–Crippen LogP) is 1.47. The SMILES string of the molecule is C=C(CNCCc1cccc(OC)c1)C(=O)O. The van der Waals surface area contributed by atoms with Crippen LogP contribution in [0.1, 0.15) is 5.56 Å². The molecule has 0 amide bonds. The number of benzene rings is 1. The van der Waals surface area contributed by atoms with Crippen LogP contribution in [0.4, 0.5) is 0 Å². The summed E-state index contributed by atoms with van der Waals surface area (Å²) in [5.41, 5.74) is 1.33. The van der Waals surface area contributed by atoms with Gasteiger partial charge in [0.15, 0.2) is 0 Å². The molecular weight excluding hydrogens is 218 g/mol. The van der Waals surface area contributed by atoms with Crippen molar-refractivity contribution >= 4 is 5.97 Å². The van der Waals surface area contributed by atoms with Gasteiger partial charge in [-0.2, -0.15) is 0 Å². The fourth-order valence-electron chi connectivity index (χ4n) is 1.38. The van der Waals surface area contributed by atoms with Crippen molar-refractivity contribution in [1.82, 2.24) is 5.32 Å². The number of carbonyl (C=O) groups is 1. The lowest BCUT2D eigenvalue weighted by Crippen LogP contribution is -2.22. The molecule has 0 saturated heterocycles. The van der Waals surface area contributed by atoms with Crippen molar-refractivity contribution in [1.29, 1.82) is 0 Å². The summed E-state index contributed by atoms with van der Waals surface area (Å²) in [6.07, 6.45) is 0.824. The van der Waals surface area contributed by atoms with Crippen LogP contribution < -0.4 is 10.1 Å². The van der Waals surface area contributed by atoms with Crippen LogP contribution in [0.25, 0.3) is 0 Å². The van der Waals surface area contributed by atoms with Crippen LogP contribution in [-0.4, -0.2) is 31.3 Å². The molecule has 0 aliphatic rings. The number of methoxy groups -OCH3 is 1. The van der Waals surface area contributed by atoms with Crippen LogP contribution in [-0.2, 0) is 11.2 Å². The summed E-state index contributed by atoms with van der Waals surface area (Å²) in [6, 6.07) is 7.80. The van der Waals surface area contributed by atoms with Gasteiger partial charge in [0.1, 0.15) is 5.75 Å².